The minimum atomic E-state index is 0. The maximum atomic E-state index is 3.98. The van der Waals surface area contributed by atoms with E-state index in [1.165, 1.54) is 0 Å². The summed E-state index contributed by atoms with van der Waals surface area (Å²) in [5, 5.41) is 0. The Morgan fingerprint density at radius 1 is 1.44 bits per heavy atom. The van der Waals surface area contributed by atoms with E-state index in [-0.39, 0.29) is 17.1 Å². The van der Waals surface area contributed by atoms with Crippen molar-refractivity contribution in [2.75, 3.05) is 0 Å². The summed E-state index contributed by atoms with van der Waals surface area (Å²) in [6.45, 7) is 3.57. The average molecular weight is 169 g/mol. The van der Waals surface area contributed by atoms with E-state index in [4.69, 9.17) is 0 Å². The van der Waals surface area contributed by atoms with Crippen LogP contribution >= 0.6 is 0 Å². The van der Waals surface area contributed by atoms with E-state index in [1.807, 2.05) is 18.2 Å². The molecule has 1 aromatic heterocycles. The minimum absolute atomic E-state index is 0. The molecule has 1 rings (SSSR count). The first-order valence-electron chi connectivity index (χ1n) is 2.47. The molecule has 0 aromatic carbocycles. The van der Waals surface area contributed by atoms with Crippen molar-refractivity contribution in [3.8, 4) is 0 Å². The molecule has 1 aromatic rings. The molecule has 0 aliphatic carbocycles. The van der Waals surface area contributed by atoms with Crippen LogP contribution in [-0.4, -0.2) is 4.98 Å². The quantitative estimate of drug-likeness (QED) is 0.582. The number of hydrogen-bond donors (Lipinski definition) is 0. The molecule has 1 nitrogen and oxygen atoms in total. The van der Waals surface area contributed by atoms with Crippen LogP contribution in [0.5, 0.6) is 0 Å². The average Bonchev–Trinajstić information content (AvgIpc) is 1.90. The maximum Gasteiger partial charge on any atom is 0.0623 e. The number of aromatic nitrogens is 1. The summed E-state index contributed by atoms with van der Waals surface area (Å²) in [7, 11) is 0. The zero-order chi connectivity index (χ0) is 5.82. The fourth-order valence-electron chi connectivity index (χ4n) is 0.497. The van der Waals surface area contributed by atoms with Crippen LogP contribution in [0.25, 0.3) is 6.08 Å². The molecule has 0 aliphatic rings. The third kappa shape index (κ3) is 2.45. The fraction of sp³-hybridized carbons (Fsp3) is 0. The number of pyridine rings is 1. The first-order valence-corrected chi connectivity index (χ1v) is 2.47. The van der Waals surface area contributed by atoms with Crippen molar-refractivity contribution in [1.29, 1.82) is 0 Å². The summed E-state index contributed by atoms with van der Waals surface area (Å²) in [6.07, 6.45) is 3.47. The third-order valence-corrected chi connectivity index (χ3v) is 0.897. The standard InChI is InChI=1S/C7H7N.Cu/c1-2-7-5-3-4-6-8-7;/h2-6H,1H2;. The molecular formula is C7H7CuN. The van der Waals surface area contributed by atoms with Gasteiger partial charge in [0.25, 0.3) is 0 Å². The van der Waals surface area contributed by atoms with E-state index >= 15 is 0 Å². The van der Waals surface area contributed by atoms with Crippen LogP contribution in [0.4, 0.5) is 0 Å². The molecular weight excluding hydrogens is 162 g/mol. The van der Waals surface area contributed by atoms with Gasteiger partial charge in [0.05, 0.1) is 5.69 Å². The first-order chi connectivity index (χ1) is 3.93. The first kappa shape index (κ1) is 8.41. The molecule has 0 amide bonds. The van der Waals surface area contributed by atoms with E-state index in [9.17, 15) is 0 Å². The zero-order valence-electron chi connectivity index (χ0n) is 4.84. The SMILES string of the molecule is C=Cc1ccccn1.[Cu]. The fourth-order valence-corrected chi connectivity index (χ4v) is 0.497. The summed E-state index contributed by atoms with van der Waals surface area (Å²) in [4.78, 5) is 3.98. The molecule has 1 heterocycles. The summed E-state index contributed by atoms with van der Waals surface area (Å²) in [5.74, 6) is 0. The Morgan fingerprint density at radius 2 is 2.22 bits per heavy atom. The molecule has 2 heteroatoms. The molecule has 0 bridgehead atoms. The third-order valence-electron chi connectivity index (χ3n) is 0.897. The van der Waals surface area contributed by atoms with Crippen LogP contribution in [0.15, 0.2) is 31.0 Å². The van der Waals surface area contributed by atoms with Gasteiger partial charge in [0.1, 0.15) is 0 Å². The van der Waals surface area contributed by atoms with Crippen LogP contribution in [0.1, 0.15) is 5.69 Å². The molecule has 0 aliphatic heterocycles. The summed E-state index contributed by atoms with van der Waals surface area (Å²) in [6, 6.07) is 5.73. The normalized spacial score (nSPS) is 7.56. The van der Waals surface area contributed by atoms with E-state index in [0.717, 1.165) is 5.69 Å². The Bertz CT molecular complexity index is 172. The second kappa shape index (κ2) is 4.30. The molecule has 1 radical (unpaired) electrons. The van der Waals surface area contributed by atoms with E-state index in [2.05, 4.69) is 11.6 Å². The molecule has 9 heavy (non-hydrogen) atoms. The van der Waals surface area contributed by atoms with Crippen molar-refractivity contribution in [2.45, 2.75) is 0 Å². The summed E-state index contributed by atoms with van der Waals surface area (Å²) >= 11 is 0. The van der Waals surface area contributed by atoms with Crippen molar-refractivity contribution in [3.05, 3.63) is 36.7 Å². The van der Waals surface area contributed by atoms with E-state index < -0.39 is 0 Å². The largest absolute Gasteiger partial charge is 0.257 e. The van der Waals surface area contributed by atoms with E-state index in [1.54, 1.807) is 12.3 Å². The van der Waals surface area contributed by atoms with Gasteiger partial charge in [-0.1, -0.05) is 12.6 Å². The van der Waals surface area contributed by atoms with Crippen molar-refractivity contribution < 1.29 is 17.1 Å². The van der Waals surface area contributed by atoms with Gasteiger partial charge in [-0.05, 0) is 18.2 Å². The number of rotatable bonds is 1. The topological polar surface area (TPSA) is 12.9 Å². The predicted molar refractivity (Wildman–Crippen MR) is 34.3 cm³/mol. The van der Waals surface area contributed by atoms with Crippen molar-refractivity contribution in [1.82, 2.24) is 4.98 Å². The molecule has 0 atom stereocenters. The molecule has 0 N–H and O–H groups in total. The Labute approximate surface area is 65.3 Å². The van der Waals surface area contributed by atoms with Crippen molar-refractivity contribution in [3.63, 3.8) is 0 Å². The van der Waals surface area contributed by atoms with Gasteiger partial charge >= 0.3 is 0 Å². The van der Waals surface area contributed by atoms with Gasteiger partial charge in [-0.25, -0.2) is 0 Å². The van der Waals surface area contributed by atoms with Gasteiger partial charge < -0.3 is 0 Å². The second-order valence-corrected chi connectivity index (χ2v) is 1.46. The van der Waals surface area contributed by atoms with Gasteiger partial charge in [-0.15, -0.1) is 0 Å². The van der Waals surface area contributed by atoms with Crippen LogP contribution in [0.3, 0.4) is 0 Å². The number of hydrogen-bond acceptors (Lipinski definition) is 1. The zero-order valence-corrected chi connectivity index (χ0v) is 5.78. The maximum absolute atomic E-state index is 3.98. The van der Waals surface area contributed by atoms with Gasteiger partial charge in [-0.3, -0.25) is 4.98 Å². The predicted octanol–water partition coefficient (Wildman–Crippen LogP) is 1.72. The molecule has 51 valence electrons. The summed E-state index contributed by atoms with van der Waals surface area (Å²) < 4.78 is 0. The van der Waals surface area contributed by atoms with Crippen molar-refractivity contribution in [2.24, 2.45) is 0 Å². The minimum Gasteiger partial charge on any atom is -0.257 e. The molecule has 0 saturated heterocycles. The van der Waals surface area contributed by atoms with Crippen LogP contribution < -0.4 is 0 Å². The molecule has 0 saturated carbocycles. The van der Waals surface area contributed by atoms with Gasteiger partial charge in [0.2, 0.25) is 0 Å². The van der Waals surface area contributed by atoms with Crippen molar-refractivity contribution >= 4 is 6.08 Å². The molecule has 0 spiro atoms. The second-order valence-electron chi connectivity index (χ2n) is 1.46. The van der Waals surface area contributed by atoms with Crippen LogP contribution in [-0.2, 0) is 17.1 Å². The van der Waals surface area contributed by atoms with Gasteiger partial charge in [0.15, 0.2) is 0 Å². The Balaban J connectivity index is 0.000000640. The summed E-state index contributed by atoms with van der Waals surface area (Å²) in [5.41, 5.74) is 0.924. The Hall–Kier alpha value is -0.591. The molecule has 0 fully saturated rings. The van der Waals surface area contributed by atoms with Crippen LogP contribution in [0.2, 0.25) is 0 Å². The number of nitrogens with zero attached hydrogens (tertiary/aromatic N) is 1. The van der Waals surface area contributed by atoms with Crippen LogP contribution in [0, 0.1) is 0 Å². The Morgan fingerprint density at radius 3 is 2.56 bits per heavy atom. The monoisotopic (exact) mass is 168 g/mol. The molecule has 0 unspecified atom stereocenters. The Kier molecular flexibility index (Phi) is 4.02. The van der Waals surface area contributed by atoms with E-state index in [0.29, 0.717) is 0 Å². The smallest absolute Gasteiger partial charge is 0.0623 e. The van der Waals surface area contributed by atoms with Gasteiger partial charge in [-0.2, -0.15) is 0 Å². The van der Waals surface area contributed by atoms with Gasteiger partial charge in [0, 0.05) is 23.3 Å².